The Morgan fingerprint density at radius 1 is 0.304 bits per heavy atom. The van der Waals surface area contributed by atoms with Crippen molar-refractivity contribution in [2.75, 3.05) is 0 Å². The zero-order valence-corrected chi connectivity index (χ0v) is 38.4. The third-order valence-electron chi connectivity index (χ3n) is 12.0. The van der Waals surface area contributed by atoms with E-state index in [4.69, 9.17) is 0 Å². The fourth-order valence-electron chi connectivity index (χ4n) is 9.42. The Kier molecular flexibility index (Phi) is 8.15. The molecule has 0 aliphatic carbocycles. The predicted octanol–water partition coefficient (Wildman–Crippen LogP) is 10.6. The third-order valence-corrected chi connectivity index (χ3v) is 18.3. The van der Waals surface area contributed by atoms with Crippen molar-refractivity contribution >= 4 is 77.5 Å². The first-order valence-corrected chi connectivity index (χ1v) is 24.7. The fourth-order valence-corrected chi connectivity index (χ4v) is 15.2. The molecule has 1 aliphatic rings. The maximum atomic E-state index is 2.52. The molecule has 0 bridgehead atoms. The Balaban J connectivity index is 1.25. The van der Waals surface area contributed by atoms with Gasteiger partial charge in [-0.1, -0.05) is 6.07 Å². The van der Waals surface area contributed by atoms with Crippen LogP contribution >= 0.6 is 0 Å². The molecule has 0 unspecified atom stereocenters. The Morgan fingerprint density at radius 3 is 1.68 bits per heavy atom. The molecule has 0 saturated carbocycles. The molecule has 0 spiro atoms. The number of rotatable bonds is 5. The third kappa shape index (κ3) is 5.51. The van der Waals surface area contributed by atoms with Gasteiger partial charge in [-0.05, 0) is 0 Å². The van der Waals surface area contributed by atoms with Crippen LogP contribution in [0.1, 0.15) is 0 Å². The summed E-state index contributed by atoms with van der Waals surface area (Å²) in [5.41, 5.74) is 15.8. The molecule has 10 aromatic carbocycles. The molecule has 0 nitrogen and oxygen atoms in total. The number of hydrogen-bond acceptors (Lipinski definition) is 0. The second-order valence-electron chi connectivity index (χ2n) is 15.2. The molecule has 0 radical (unpaired) electrons. The van der Waals surface area contributed by atoms with Crippen LogP contribution in [0.4, 0.5) is 0 Å². The normalized spacial score (nSPS) is 12.4. The molecule has 10 aromatic rings. The summed E-state index contributed by atoms with van der Waals surface area (Å²) in [7, 11) is 0. The molecule has 0 amide bonds. The predicted molar refractivity (Wildman–Crippen MR) is 249 cm³/mol. The first kappa shape index (κ1) is 33.4. The van der Waals surface area contributed by atoms with E-state index in [9.17, 15) is 0 Å². The van der Waals surface area contributed by atoms with E-state index in [-0.39, 0.29) is 0 Å². The van der Waals surface area contributed by atoms with Crippen molar-refractivity contribution in [2.45, 2.75) is 0 Å². The summed E-state index contributed by atoms with van der Waals surface area (Å²) in [6.45, 7) is 0. The molecule has 0 N–H and O–H groups in total. The van der Waals surface area contributed by atoms with E-state index in [0.29, 0.717) is 16.5 Å². The van der Waals surface area contributed by atoms with Crippen molar-refractivity contribution in [1.29, 1.82) is 0 Å². The van der Waals surface area contributed by atoms with Crippen LogP contribution in [0.2, 0.25) is 0 Å². The summed E-state index contributed by atoms with van der Waals surface area (Å²) in [6.07, 6.45) is 0. The van der Waals surface area contributed by atoms with Crippen LogP contribution in [0.3, 0.4) is 0 Å². The zero-order chi connectivity index (χ0) is 37.2. The summed E-state index contributed by atoms with van der Waals surface area (Å²) < 4.78 is 4.67. The molecule has 0 aromatic heterocycles. The van der Waals surface area contributed by atoms with Gasteiger partial charge in [0.1, 0.15) is 0 Å². The first-order chi connectivity index (χ1) is 27.7. The van der Waals surface area contributed by atoms with Gasteiger partial charge >= 0.3 is 338 Å². The van der Waals surface area contributed by atoms with Crippen molar-refractivity contribution in [3.63, 3.8) is 0 Å². The summed E-state index contributed by atoms with van der Waals surface area (Å²) in [4.78, 5) is 0. The number of hydrogen-bond donors (Lipinski definition) is 0. The maximum absolute atomic E-state index is 2.52. The molecule has 11 rings (SSSR count). The van der Waals surface area contributed by atoms with E-state index in [1.165, 1.54) is 103 Å². The number of fused-ring (bicyclic) bond motifs is 6. The second-order valence-corrected chi connectivity index (χ2v) is 21.3. The van der Waals surface area contributed by atoms with E-state index in [1.807, 2.05) is 0 Å². The SMILES string of the molecule is [GeH3][c]1ccccc1-c1cccc(-c2cccc3c(-c4cc(-c5ccccc5)cc5ccccc45)c4cccc(-c5cccc6[c]5[GeH2][c]5ccccc5-6)c4cc23)c1. The molecule has 0 atom stereocenters. The minimum absolute atomic E-state index is 0.586. The van der Waals surface area contributed by atoms with Gasteiger partial charge in [0.05, 0.1) is 0 Å². The fraction of sp³-hybridized carbons (Fsp3) is 0. The van der Waals surface area contributed by atoms with Crippen LogP contribution in [0.5, 0.6) is 0 Å². The van der Waals surface area contributed by atoms with Crippen molar-refractivity contribution in [3.8, 4) is 66.8 Å². The zero-order valence-electron chi connectivity index (χ0n) is 31.3. The molecule has 1 heterocycles. The van der Waals surface area contributed by atoms with Gasteiger partial charge in [0.15, 0.2) is 0 Å². The average Bonchev–Trinajstić information content (AvgIpc) is 3.64. The summed E-state index contributed by atoms with van der Waals surface area (Å²) in [5, 5.41) is 7.70. The topological polar surface area (TPSA) is 0 Å². The van der Waals surface area contributed by atoms with Crippen molar-refractivity contribution < 1.29 is 0 Å². The summed E-state index contributed by atoms with van der Waals surface area (Å²) >= 11 is -0.613. The quantitative estimate of drug-likeness (QED) is 0.120. The van der Waals surface area contributed by atoms with Crippen LogP contribution in [-0.2, 0) is 0 Å². The van der Waals surface area contributed by atoms with E-state index in [1.54, 1.807) is 8.79 Å². The van der Waals surface area contributed by atoms with Crippen molar-refractivity contribution in [1.82, 2.24) is 0 Å². The Morgan fingerprint density at radius 2 is 0.857 bits per heavy atom. The van der Waals surface area contributed by atoms with Crippen LogP contribution in [0.15, 0.2) is 200 Å². The molecular formula is C54H38Ge2. The Hall–Kier alpha value is -5.93. The Labute approximate surface area is 342 Å². The van der Waals surface area contributed by atoms with Crippen LogP contribution in [0, 0.1) is 0 Å². The van der Waals surface area contributed by atoms with Crippen molar-refractivity contribution in [3.05, 3.63) is 200 Å². The average molecular weight is 832 g/mol. The minimum atomic E-state index is -1.20. The van der Waals surface area contributed by atoms with E-state index < -0.39 is 15.4 Å². The molecule has 2 heteroatoms. The molecule has 0 saturated heterocycles. The van der Waals surface area contributed by atoms with E-state index in [2.05, 4.69) is 200 Å². The molecule has 1 aliphatic heterocycles. The molecule has 262 valence electrons. The van der Waals surface area contributed by atoms with E-state index >= 15 is 0 Å². The number of benzene rings is 10. The van der Waals surface area contributed by atoms with Gasteiger partial charge in [0, 0.05) is 0 Å². The Bertz CT molecular complexity index is 3180. The van der Waals surface area contributed by atoms with Gasteiger partial charge in [-0.3, -0.25) is 0 Å². The van der Waals surface area contributed by atoms with Gasteiger partial charge in [0.25, 0.3) is 0 Å². The summed E-state index contributed by atoms with van der Waals surface area (Å²) in [6, 6.07) is 75.4. The van der Waals surface area contributed by atoms with Crippen molar-refractivity contribution in [2.24, 2.45) is 0 Å². The molecule has 56 heavy (non-hydrogen) atoms. The van der Waals surface area contributed by atoms with Gasteiger partial charge in [-0.15, -0.1) is 0 Å². The molecular weight excluding hydrogens is 794 g/mol. The monoisotopic (exact) mass is 834 g/mol. The van der Waals surface area contributed by atoms with Crippen LogP contribution in [-0.4, -0.2) is 31.9 Å². The molecule has 0 fully saturated rings. The van der Waals surface area contributed by atoms with E-state index in [0.717, 1.165) is 0 Å². The van der Waals surface area contributed by atoms with Gasteiger partial charge in [-0.2, -0.15) is 0 Å². The summed E-state index contributed by atoms with van der Waals surface area (Å²) in [5.74, 6) is 0. The first-order valence-electron chi connectivity index (χ1n) is 19.6. The van der Waals surface area contributed by atoms with Crippen LogP contribution in [0.25, 0.3) is 99.1 Å². The van der Waals surface area contributed by atoms with Gasteiger partial charge in [0.2, 0.25) is 0 Å². The van der Waals surface area contributed by atoms with Gasteiger partial charge in [-0.25, -0.2) is 0 Å². The van der Waals surface area contributed by atoms with Crippen LogP contribution < -0.4 is 13.2 Å². The standard InChI is InChI=1S/C54H38Ge2/c55-51-28-8-6-20-41(51)37-18-10-17-36(30-37)39-22-11-24-44-48(39)33-49-42(46-26-13-27-47-43-21-7-9-29-52(43)56-54(46)47)23-12-25-45(49)53(44)50-32-38(34-14-2-1-3-15-34)31-35-16-4-5-19-40(35)50/h1-33H,56H2,55H3. The second kappa shape index (κ2) is 13.7. The van der Waals surface area contributed by atoms with Gasteiger partial charge < -0.3 is 0 Å².